The molecule has 166 valence electrons. The van der Waals surface area contributed by atoms with Gasteiger partial charge < -0.3 is 4.74 Å². The maximum absolute atomic E-state index is 6.58. The van der Waals surface area contributed by atoms with Crippen LogP contribution in [-0.2, 0) is 10.2 Å². The maximum Gasteiger partial charge on any atom is 0.0829 e. The van der Waals surface area contributed by atoms with Gasteiger partial charge in [-0.2, -0.15) is 0 Å². The molecule has 0 spiro atoms. The Labute approximate surface area is 197 Å². The molecule has 0 atom stereocenters. The summed E-state index contributed by atoms with van der Waals surface area (Å²) in [5, 5.41) is 0.808. The van der Waals surface area contributed by atoms with Gasteiger partial charge in [0.05, 0.1) is 18.8 Å². The van der Waals surface area contributed by atoms with E-state index in [-0.39, 0.29) is 11.5 Å². The van der Waals surface area contributed by atoms with E-state index in [1.54, 1.807) is 0 Å². The zero-order chi connectivity index (χ0) is 21.8. The van der Waals surface area contributed by atoms with E-state index in [1.165, 1.54) is 48.8 Å². The van der Waals surface area contributed by atoms with Gasteiger partial charge in [-0.3, -0.25) is 4.90 Å². The van der Waals surface area contributed by atoms with Gasteiger partial charge in [0.2, 0.25) is 0 Å². The second kappa shape index (κ2) is 9.79. The van der Waals surface area contributed by atoms with E-state index >= 15 is 0 Å². The van der Waals surface area contributed by atoms with Crippen molar-refractivity contribution in [2.75, 3.05) is 19.7 Å². The Morgan fingerprint density at radius 3 is 1.91 bits per heavy atom. The van der Waals surface area contributed by atoms with Crippen molar-refractivity contribution in [2.24, 2.45) is 0 Å². The Kier molecular flexibility index (Phi) is 6.64. The third-order valence-corrected chi connectivity index (χ3v) is 7.59. The number of nitrogens with zero attached hydrogens (tertiary/aromatic N) is 1. The molecule has 3 aromatic rings. The minimum absolute atomic E-state index is 0.140. The molecule has 0 N–H and O–H groups in total. The van der Waals surface area contributed by atoms with Gasteiger partial charge in [-0.1, -0.05) is 104 Å². The summed E-state index contributed by atoms with van der Waals surface area (Å²) in [5.41, 5.74) is 4.23. The Bertz CT molecular complexity index is 937. The van der Waals surface area contributed by atoms with Gasteiger partial charge in [0.1, 0.15) is 0 Å². The molecule has 0 unspecified atom stereocenters. The third kappa shape index (κ3) is 4.64. The van der Waals surface area contributed by atoms with Crippen molar-refractivity contribution in [2.45, 2.75) is 49.7 Å². The summed E-state index contributed by atoms with van der Waals surface area (Å²) in [6.45, 7) is 2.77. The van der Waals surface area contributed by atoms with Gasteiger partial charge >= 0.3 is 0 Å². The highest BCUT2D eigenvalue weighted by atomic mass is 35.5. The second-order valence-corrected chi connectivity index (χ2v) is 9.90. The van der Waals surface area contributed by atoms with E-state index in [4.69, 9.17) is 16.3 Å². The second-order valence-electron chi connectivity index (χ2n) is 9.46. The summed E-state index contributed by atoms with van der Waals surface area (Å²) in [6.07, 6.45) is 6.63. The van der Waals surface area contributed by atoms with Crippen LogP contribution in [0.5, 0.6) is 0 Å². The van der Waals surface area contributed by atoms with Crippen molar-refractivity contribution in [3.05, 3.63) is 107 Å². The number of hydrogen-bond donors (Lipinski definition) is 0. The number of ether oxygens (including phenoxy) is 1. The molecule has 32 heavy (non-hydrogen) atoms. The number of rotatable bonds is 7. The van der Waals surface area contributed by atoms with E-state index in [0.29, 0.717) is 6.10 Å². The molecule has 1 heterocycles. The molecule has 0 aromatic heterocycles. The minimum atomic E-state index is 0.140. The standard InChI is InChI=1S/C29H32ClNO/c30-26-16-14-25(15-17-26)29(18-8-3-9-19-29)22-32-27-20-31(21-27)28(23-10-4-1-5-11-23)24-12-6-2-7-13-24/h1-2,4-7,10-17,27-28H,3,8-9,18-22H2. The smallest absolute Gasteiger partial charge is 0.0829 e. The molecule has 1 aliphatic carbocycles. The molecule has 3 aromatic carbocycles. The summed E-state index contributed by atoms with van der Waals surface area (Å²) in [4.78, 5) is 2.55. The monoisotopic (exact) mass is 445 g/mol. The van der Waals surface area contributed by atoms with Crippen LogP contribution in [-0.4, -0.2) is 30.7 Å². The molecule has 0 amide bonds. The van der Waals surface area contributed by atoms with Gasteiger partial charge in [0, 0.05) is 23.5 Å². The molecule has 3 heteroatoms. The van der Waals surface area contributed by atoms with Crippen LogP contribution in [0.4, 0.5) is 0 Å². The molecule has 2 fully saturated rings. The van der Waals surface area contributed by atoms with Crippen LogP contribution in [0.3, 0.4) is 0 Å². The van der Waals surface area contributed by atoms with Crippen molar-refractivity contribution >= 4 is 11.6 Å². The van der Waals surface area contributed by atoms with E-state index in [9.17, 15) is 0 Å². The summed E-state index contributed by atoms with van der Waals surface area (Å²) in [7, 11) is 0. The van der Waals surface area contributed by atoms with E-state index in [0.717, 1.165) is 24.7 Å². The van der Waals surface area contributed by atoms with Crippen LogP contribution in [0.15, 0.2) is 84.9 Å². The lowest BCUT2D eigenvalue weighted by molar-refractivity contribution is -0.0853. The van der Waals surface area contributed by atoms with Gasteiger partial charge in [-0.15, -0.1) is 0 Å². The predicted molar refractivity (Wildman–Crippen MR) is 132 cm³/mol. The highest BCUT2D eigenvalue weighted by Gasteiger charge is 2.39. The first-order valence-electron chi connectivity index (χ1n) is 12.0. The molecule has 0 radical (unpaired) electrons. The van der Waals surface area contributed by atoms with Crippen molar-refractivity contribution < 1.29 is 4.74 Å². The maximum atomic E-state index is 6.58. The van der Waals surface area contributed by atoms with Crippen LogP contribution in [0.25, 0.3) is 0 Å². The van der Waals surface area contributed by atoms with Gasteiger partial charge in [0.25, 0.3) is 0 Å². The SMILES string of the molecule is Clc1ccc(C2(COC3CN(C(c4ccccc4)c4ccccc4)C3)CCCCC2)cc1. The van der Waals surface area contributed by atoms with E-state index < -0.39 is 0 Å². The fraction of sp³-hybridized carbons (Fsp3) is 0.379. The lowest BCUT2D eigenvalue weighted by atomic mass is 9.70. The van der Waals surface area contributed by atoms with Crippen LogP contribution in [0.2, 0.25) is 5.02 Å². The Morgan fingerprint density at radius 2 is 1.34 bits per heavy atom. The third-order valence-electron chi connectivity index (χ3n) is 7.33. The van der Waals surface area contributed by atoms with E-state index in [2.05, 4.69) is 77.7 Å². The van der Waals surface area contributed by atoms with Crippen LogP contribution in [0, 0.1) is 0 Å². The average Bonchev–Trinajstić information content (AvgIpc) is 2.82. The molecule has 1 saturated heterocycles. The summed E-state index contributed by atoms with van der Waals surface area (Å²) >= 11 is 6.17. The zero-order valence-corrected chi connectivity index (χ0v) is 19.4. The first-order chi connectivity index (χ1) is 15.7. The molecular formula is C29H32ClNO. The van der Waals surface area contributed by atoms with Crippen molar-refractivity contribution in [3.63, 3.8) is 0 Å². The largest absolute Gasteiger partial charge is 0.375 e. The fourth-order valence-electron chi connectivity index (χ4n) is 5.50. The summed E-state index contributed by atoms with van der Waals surface area (Å²) in [5.74, 6) is 0. The molecule has 5 rings (SSSR count). The Balaban J connectivity index is 1.26. The lowest BCUT2D eigenvalue weighted by Gasteiger charge is -2.46. The average molecular weight is 446 g/mol. The number of likely N-dealkylation sites (tertiary alicyclic amines) is 1. The highest BCUT2D eigenvalue weighted by molar-refractivity contribution is 6.30. The van der Waals surface area contributed by atoms with Gasteiger partial charge in [-0.25, -0.2) is 0 Å². The Hall–Kier alpha value is -2.13. The number of hydrogen-bond acceptors (Lipinski definition) is 2. The zero-order valence-electron chi connectivity index (χ0n) is 18.6. The van der Waals surface area contributed by atoms with Crippen molar-refractivity contribution in [1.29, 1.82) is 0 Å². The molecule has 1 saturated carbocycles. The molecular weight excluding hydrogens is 414 g/mol. The van der Waals surface area contributed by atoms with Crippen molar-refractivity contribution in [1.82, 2.24) is 4.90 Å². The van der Waals surface area contributed by atoms with Crippen LogP contribution in [0.1, 0.15) is 54.8 Å². The van der Waals surface area contributed by atoms with Gasteiger partial charge in [0.15, 0.2) is 0 Å². The van der Waals surface area contributed by atoms with Gasteiger partial charge in [-0.05, 0) is 41.7 Å². The Morgan fingerprint density at radius 1 is 0.781 bits per heavy atom. The van der Waals surface area contributed by atoms with Crippen LogP contribution >= 0.6 is 11.6 Å². The first-order valence-corrected chi connectivity index (χ1v) is 12.3. The molecule has 2 aliphatic rings. The van der Waals surface area contributed by atoms with E-state index in [1.807, 2.05) is 12.1 Å². The topological polar surface area (TPSA) is 12.5 Å². The quantitative estimate of drug-likeness (QED) is 0.387. The fourth-order valence-corrected chi connectivity index (χ4v) is 5.62. The van der Waals surface area contributed by atoms with Crippen molar-refractivity contribution in [3.8, 4) is 0 Å². The summed E-state index contributed by atoms with van der Waals surface area (Å²) < 4.78 is 6.58. The highest BCUT2D eigenvalue weighted by Crippen LogP contribution is 2.41. The van der Waals surface area contributed by atoms with Crippen LogP contribution < -0.4 is 0 Å². The predicted octanol–water partition coefficient (Wildman–Crippen LogP) is 7.03. The molecule has 1 aliphatic heterocycles. The molecule has 2 nitrogen and oxygen atoms in total. The normalized spacial score (nSPS) is 19.1. The lowest BCUT2D eigenvalue weighted by Crippen LogP contribution is -2.54. The summed E-state index contributed by atoms with van der Waals surface area (Å²) in [6, 6.07) is 30.5. The molecule has 0 bridgehead atoms. The first kappa shape index (κ1) is 21.7. The minimum Gasteiger partial charge on any atom is -0.375 e. The number of benzene rings is 3. The number of halogens is 1.